The molecule has 11 heavy (non-hydrogen) atoms. The molecule has 0 bridgehead atoms. The largest absolute Gasteiger partial charge is 0.381 e. The Bertz CT molecular complexity index is 117. The second-order valence-corrected chi connectivity index (χ2v) is 3.39. The quantitative estimate of drug-likeness (QED) is 0.541. The molecule has 64 valence electrons. The maximum Gasteiger partial charge on any atom is 0.0510 e. The molecule has 3 heteroatoms. The van der Waals surface area contributed by atoms with Gasteiger partial charge in [-0.05, 0) is 6.42 Å². The predicted molar refractivity (Wildman–Crippen MR) is 43.6 cm³/mol. The summed E-state index contributed by atoms with van der Waals surface area (Å²) in [5.41, 5.74) is 0. The highest BCUT2D eigenvalue weighted by molar-refractivity contribution is 4.84. The van der Waals surface area contributed by atoms with Crippen LogP contribution >= 0.6 is 0 Å². The van der Waals surface area contributed by atoms with E-state index in [0.29, 0.717) is 6.04 Å². The Kier molecular flexibility index (Phi) is 2.41. The molecule has 2 unspecified atom stereocenters. The van der Waals surface area contributed by atoms with Crippen molar-refractivity contribution in [3.05, 3.63) is 0 Å². The van der Waals surface area contributed by atoms with Crippen LogP contribution < -0.4 is 10.6 Å². The van der Waals surface area contributed by atoms with Gasteiger partial charge in [-0.25, -0.2) is 0 Å². The summed E-state index contributed by atoms with van der Waals surface area (Å²) in [7, 11) is 0. The molecular formula is C8H16N2O. The van der Waals surface area contributed by atoms with Crippen molar-refractivity contribution >= 4 is 0 Å². The highest BCUT2D eigenvalue weighted by Gasteiger charge is 2.26. The van der Waals surface area contributed by atoms with Crippen LogP contribution in [0.5, 0.6) is 0 Å². The van der Waals surface area contributed by atoms with Gasteiger partial charge in [-0.15, -0.1) is 0 Å². The molecule has 2 fully saturated rings. The van der Waals surface area contributed by atoms with Crippen LogP contribution in [0.3, 0.4) is 0 Å². The first kappa shape index (κ1) is 7.53. The van der Waals surface area contributed by atoms with Gasteiger partial charge in [0.1, 0.15) is 0 Å². The van der Waals surface area contributed by atoms with E-state index in [9.17, 15) is 0 Å². The van der Waals surface area contributed by atoms with Gasteiger partial charge in [0.25, 0.3) is 0 Å². The fourth-order valence-corrected chi connectivity index (χ4v) is 1.88. The zero-order valence-corrected chi connectivity index (χ0v) is 6.81. The molecule has 0 aliphatic carbocycles. The zero-order valence-electron chi connectivity index (χ0n) is 6.81. The van der Waals surface area contributed by atoms with E-state index in [1.54, 1.807) is 0 Å². The van der Waals surface area contributed by atoms with Gasteiger partial charge in [0.15, 0.2) is 0 Å². The molecule has 2 N–H and O–H groups in total. The molecule has 0 saturated carbocycles. The van der Waals surface area contributed by atoms with Gasteiger partial charge in [0.05, 0.1) is 6.61 Å². The van der Waals surface area contributed by atoms with Crippen LogP contribution in [0.4, 0.5) is 0 Å². The van der Waals surface area contributed by atoms with Crippen LogP contribution in [0, 0.1) is 5.92 Å². The van der Waals surface area contributed by atoms with E-state index in [0.717, 1.165) is 38.8 Å². The van der Waals surface area contributed by atoms with Crippen LogP contribution in [0.1, 0.15) is 6.42 Å². The minimum atomic E-state index is 0.659. The van der Waals surface area contributed by atoms with Crippen molar-refractivity contribution < 1.29 is 4.74 Å². The summed E-state index contributed by atoms with van der Waals surface area (Å²) in [4.78, 5) is 0. The number of ether oxygens (including phenoxy) is 1. The molecule has 0 aromatic rings. The van der Waals surface area contributed by atoms with Gasteiger partial charge in [-0.2, -0.15) is 0 Å². The number of nitrogens with one attached hydrogen (secondary N) is 2. The normalized spacial score (nSPS) is 39.3. The second kappa shape index (κ2) is 3.52. The molecule has 0 aromatic heterocycles. The van der Waals surface area contributed by atoms with Gasteiger partial charge < -0.3 is 15.4 Å². The van der Waals surface area contributed by atoms with E-state index in [1.807, 2.05) is 0 Å². The molecule has 2 heterocycles. The Morgan fingerprint density at radius 2 is 2.27 bits per heavy atom. The average Bonchev–Trinajstić information content (AvgIpc) is 2.58. The van der Waals surface area contributed by atoms with Crippen LogP contribution in [-0.2, 0) is 4.74 Å². The van der Waals surface area contributed by atoms with Crippen LogP contribution in [0.25, 0.3) is 0 Å². The zero-order chi connectivity index (χ0) is 7.52. The van der Waals surface area contributed by atoms with Crippen molar-refractivity contribution in [2.24, 2.45) is 5.92 Å². The van der Waals surface area contributed by atoms with Gasteiger partial charge in [-0.3, -0.25) is 0 Å². The van der Waals surface area contributed by atoms with Crippen molar-refractivity contribution in [3.63, 3.8) is 0 Å². The van der Waals surface area contributed by atoms with E-state index in [1.165, 1.54) is 6.42 Å². The lowest BCUT2D eigenvalue weighted by Gasteiger charge is -2.28. The summed E-state index contributed by atoms with van der Waals surface area (Å²) < 4.78 is 5.34. The van der Waals surface area contributed by atoms with Gasteiger partial charge in [0.2, 0.25) is 0 Å². The third kappa shape index (κ3) is 1.72. The van der Waals surface area contributed by atoms with E-state index < -0.39 is 0 Å². The maximum absolute atomic E-state index is 5.34. The highest BCUT2D eigenvalue weighted by atomic mass is 16.5. The highest BCUT2D eigenvalue weighted by Crippen LogP contribution is 2.16. The van der Waals surface area contributed by atoms with Crippen LogP contribution in [0.2, 0.25) is 0 Å². The Labute approximate surface area is 67.5 Å². The van der Waals surface area contributed by atoms with Crippen LogP contribution in [0.15, 0.2) is 0 Å². The summed E-state index contributed by atoms with van der Waals surface area (Å²) >= 11 is 0. The standard InChI is InChI=1S/C8H16N2O/c1-4-11-6-7(1)8-5-9-2-3-10-8/h7-10H,1-6H2. The van der Waals surface area contributed by atoms with Crippen molar-refractivity contribution in [3.8, 4) is 0 Å². The molecule has 0 radical (unpaired) electrons. The third-order valence-electron chi connectivity index (χ3n) is 2.61. The topological polar surface area (TPSA) is 33.3 Å². The summed E-state index contributed by atoms with van der Waals surface area (Å²) in [5, 5.41) is 6.91. The lowest BCUT2D eigenvalue weighted by Crippen LogP contribution is -2.52. The van der Waals surface area contributed by atoms with E-state index in [4.69, 9.17) is 4.74 Å². The van der Waals surface area contributed by atoms with Crippen molar-refractivity contribution in [2.45, 2.75) is 12.5 Å². The minimum Gasteiger partial charge on any atom is -0.381 e. The molecule has 3 nitrogen and oxygen atoms in total. The smallest absolute Gasteiger partial charge is 0.0510 e. The SMILES string of the molecule is C1CNC(C2CCOC2)CN1. The minimum absolute atomic E-state index is 0.659. The van der Waals surface area contributed by atoms with E-state index in [2.05, 4.69) is 10.6 Å². The molecule has 2 aliphatic rings. The molecule has 2 aliphatic heterocycles. The van der Waals surface area contributed by atoms with E-state index >= 15 is 0 Å². The molecule has 0 amide bonds. The number of hydrogen-bond donors (Lipinski definition) is 2. The fraction of sp³-hybridized carbons (Fsp3) is 1.00. The van der Waals surface area contributed by atoms with Crippen molar-refractivity contribution in [2.75, 3.05) is 32.8 Å². The maximum atomic E-state index is 5.34. The molecule has 2 rings (SSSR count). The Morgan fingerprint density at radius 1 is 1.27 bits per heavy atom. The summed E-state index contributed by atoms with van der Waals surface area (Å²) in [6.07, 6.45) is 1.24. The summed E-state index contributed by atoms with van der Waals surface area (Å²) in [6, 6.07) is 0.659. The monoisotopic (exact) mass is 156 g/mol. The van der Waals surface area contributed by atoms with Crippen molar-refractivity contribution in [1.29, 1.82) is 0 Å². The Balaban J connectivity index is 1.82. The summed E-state index contributed by atoms with van der Waals surface area (Å²) in [6.45, 7) is 5.27. The first-order chi connectivity index (χ1) is 5.47. The molecule has 2 saturated heterocycles. The molecular weight excluding hydrogens is 140 g/mol. The number of rotatable bonds is 1. The first-order valence-corrected chi connectivity index (χ1v) is 4.48. The van der Waals surface area contributed by atoms with Gasteiger partial charge in [0, 0.05) is 38.2 Å². The average molecular weight is 156 g/mol. The molecule has 2 atom stereocenters. The summed E-state index contributed by atoms with van der Waals surface area (Å²) in [5.74, 6) is 0.753. The van der Waals surface area contributed by atoms with Crippen molar-refractivity contribution in [1.82, 2.24) is 10.6 Å². The lowest BCUT2D eigenvalue weighted by atomic mass is 9.98. The molecule has 0 aromatic carbocycles. The lowest BCUT2D eigenvalue weighted by molar-refractivity contribution is 0.173. The van der Waals surface area contributed by atoms with Gasteiger partial charge >= 0.3 is 0 Å². The van der Waals surface area contributed by atoms with Gasteiger partial charge in [-0.1, -0.05) is 0 Å². The predicted octanol–water partition coefficient (Wildman–Crippen LogP) is -0.416. The number of hydrogen-bond acceptors (Lipinski definition) is 3. The number of piperazine rings is 1. The Morgan fingerprint density at radius 3 is 2.91 bits per heavy atom. The third-order valence-corrected chi connectivity index (χ3v) is 2.61. The first-order valence-electron chi connectivity index (χ1n) is 4.48. The van der Waals surface area contributed by atoms with Crippen LogP contribution in [-0.4, -0.2) is 38.9 Å². The molecule has 0 spiro atoms. The fourth-order valence-electron chi connectivity index (χ4n) is 1.88. The van der Waals surface area contributed by atoms with E-state index in [-0.39, 0.29) is 0 Å². The Hall–Kier alpha value is -0.120. The second-order valence-electron chi connectivity index (χ2n) is 3.39.